The molecule has 0 atom stereocenters. The van der Waals surface area contributed by atoms with Crippen LogP contribution in [0, 0.1) is 6.92 Å². The number of imide groups is 2. The first-order valence-corrected chi connectivity index (χ1v) is 17.2. The number of barbiturate groups is 1. The summed E-state index contributed by atoms with van der Waals surface area (Å²) in [6, 6.07) is 11.6. The Morgan fingerprint density at radius 3 is 2.14 bits per heavy atom. The molecule has 0 saturated carbocycles. The third-order valence-electron chi connectivity index (χ3n) is 7.01. The van der Waals surface area contributed by atoms with Crippen LogP contribution in [0.3, 0.4) is 0 Å². The number of amides is 5. The second-order valence-corrected chi connectivity index (χ2v) is 13.4. The first kappa shape index (κ1) is 36.3. The van der Waals surface area contributed by atoms with Crippen LogP contribution in [0.2, 0.25) is 0 Å². The van der Waals surface area contributed by atoms with Crippen molar-refractivity contribution in [3.63, 3.8) is 0 Å². The Hall–Kier alpha value is -6.00. The molecular weight excluding hydrogens is 715 g/mol. The van der Waals surface area contributed by atoms with Crippen molar-refractivity contribution in [1.29, 1.82) is 0 Å². The average molecular weight is 740 g/mol. The summed E-state index contributed by atoms with van der Waals surface area (Å²) in [4.78, 5) is 46.4. The number of azo groups is 2. The summed E-state index contributed by atoms with van der Waals surface area (Å²) in [7, 11) is -9.73. The molecule has 5 amide bonds. The summed E-state index contributed by atoms with van der Waals surface area (Å²) in [6.45, 7) is 1.14. The number of rotatable bonds is 11. The van der Waals surface area contributed by atoms with Gasteiger partial charge in [-0.05, 0) is 72.5 Å². The van der Waals surface area contributed by atoms with Gasteiger partial charge in [0.05, 0.1) is 34.3 Å². The molecule has 1 aliphatic rings. The van der Waals surface area contributed by atoms with E-state index in [1.165, 1.54) is 54.6 Å². The number of benzene rings is 4. The third-order valence-corrected chi connectivity index (χ3v) is 8.73. The van der Waals surface area contributed by atoms with Gasteiger partial charge in [0.25, 0.3) is 38.0 Å². The number of hydrogen-bond donors (Lipinski definition) is 6. The maximum atomic E-state index is 13.1. The lowest BCUT2D eigenvalue weighted by Gasteiger charge is -2.16. The van der Waals surface area contributed by atoms with Crippen molar-refractivity contribution < 1.29 is 55.0 Å². The summed E-state index contributed by atoms with van der Waals surface area (Å²) in [5.41, 5.74) is 1.42. The van der Waals surface area contributed by atoms with Gasteiger partial charge in [0, 0.05) is 17.0 Å². The van der Waals surface area contributed by atoms with E-state index < -0.39 is 59.8 Å². The van der Waals surface area contributed by atoms with Gasteiger partial charge in [0.2, 0.25) is 6.04 Å². The lowest BCUT2D eigenvalue weighted by Crippen LogP contribution is -2.57. The number of carbonyl (C=O) groups excluding carboxylic acids is 4. The molecule has 6 N–H and O–H groups in total. The van der Waals surface area contributed by atoms with Crippen molar-refractivity contribution in [2.45, 2.75) is 22.8 Å². The monoisotopic (exact) mass is 739 g/mol. The van der Waals surface area contributed by atoms with Gasteiger partial charge in [-0.1, -0.05) is 6.07 Å². The van der Waals surface area contributed by atoms with Crippen LogP contribution in [-0.2, 0) is 29.8 Å². The van der Waals surface area contributed by atoms with E-state index in [1.54, 1.807) is 6.92 Å². The minimum Gasteiger partial charge on any atom is -0.489 e. The largest absolute Gasteiger partial charge is 0.489 e. The van der Waals surface area contributed by atoms with Crippen molar-refractivity contribution in [3.8, 4) is 5.75 Å². The van der Waals surface area contributed by atoms with Crippen molar-refractivity contribution in [3.05, 3.63) is 77.9 Å². The molecule has 0 spiro atoms. The second kappa shape index (κ2) is 14.5. The number of urea groups is 1. The molecule has 1 fully saturated rings. The molecule has 1 heterocycles. The SMILES string of the molecule is Cc1cc(NC(=O)c2ccc(/N=N/C3C(=O)NC(=O)NC3=O)cc2)c(OCCO)cc1/N=N/c1ccc2cc(S(=O)(=O)O)cc(S(=O)(=O)O)c2c1. The van der Waals surface area contributed by atoms with Crippen LogP contribution in [0.1, 0.15) is 15.9 Å². The summed E-state index contributed by atoms with van der Waals surface area (Å²) in [6.07, 6.45) is 0. The fourth-order valence-electron chi connectivity index (χ4n) is 4.59. The molecule has 4 aromatic carbocycles. The van der Waals surface area contributed by atoms with Crippen LogP contribution in [-0.4, -0.2) is 74.1 Å². The highest BCUT2D eigenvalue weighted by atomic mass is 32.2. The van der Waals surface area contributed by atoms with Gasteiger partial charge in [0.15, 0.2) is 0 Å². The van der Waals surface area contributed by atoms with E-state index in [1.807, 2.05) is 10.6 Å². The molecule has 5 rings (SSSR count). The number of fused-ring (bicyclic) bond motifs is 1. The number of hydrogen-bond acceptors (Lipinski definition) is 14. The summed E-state index contributed by atoms with van der Waals surface area (Å²) < 4.78 is 72.0. The fourth-order valence-corrected chi connectivity index (χ4v) is 5.94. The predicted octanol–water partition coefficient (Wildman–Crippen LogP) is 3.50. The number of aliphatic hydroxyl groups is 1. The molecule has 0 radical (unpaired) electrons. The summed E-state index contributed by atoms with van der Waals surface area (Å²) in [5, 5.41) is 31.6. The molecular formula is C30H25N7O12S2. The Labute approximate surface area is 287 Å². The van der Waals surface area contributed by atoms with Crippen molar-refractivity contribution >= 4 is 77.5 Å². The molecule has 4 aromatic rings. The highest BCUT2D eigenvalue weighted by Crippen LogP contribution is 2.36. The first-order chi connectivity index (χ1) is 24.0. The Kier molecular flexibility index (Phi) is 10.3. The fraction of sp³-hybridized carbons (Fsp3) is 0.133. The summed E-state index contributed by atoms with van der Waals surface area (Å²) >= 11 is 0. The first-order valence-electron chi connectivity index (χ1n) is 14.3. The zero-order valence-corrected chi connectivity index (χ0v) is 27.6. The molecule has 0 bridgehead atoms. The van der Waals surface area contributed by atoms with Crippen LogP contribution >= 0.6 is 0 Å². The molecule has 0 aromatic heterocycles. The van der Waals surface area contributed by atoms with E-state index >= 15 is 0 Å². The molecule has 19 nitrogen and oxygen atoms in total. The van der Waals surface area contributed by atoms with Gasteiger partial charge in [-0.15, -0.1) is 0 Å². The number of anilines is 1. The minimum absolute atomic E-state index is 0.0629. The maximum absolute atomic E-state index is 13.1. The van der Waals surface area contributed by atoms with E-state index in [4.69, 9.17) is 4.74 Å². The molecule has 1 aliphatic heterocycles. The predicted molar refractivity (Wildman–Crippen MR) is 176 cm³/mol. The van der Waals surface area contributed by atoms with Gasteiger partial charge in [-0.2, -0.15) is 37.3 Å². The maximum Gasteiger partial charge on any atom is 0.328 e. The lowest BCUT2D eigenvalue weighted by atomic mass is 10.1. The lowest BCUT2D eigenvalue weighted by molar-refractivity contribution is -0.131. The number of nitrogens with zero attached hydrogens (tertiary/aromatic N) is 4. The van der Waals surface area contributed by atoms with Gasteiger partial charge in [-0.3, -0.25) is 34.1 Å². The zero-order chi connectivity index (χ0) is 37.1. The van der Waals surface area contributed by atoms with Gasteiger partial charge in [0.1, 0.15) is 17.3 Å². The minimum atomic E-state index is -4.93. The molecule has 21 heteroatoms. The zero-order valence-electron chi connectivity index (χ0n) is 26.0. The van der Waals surface area contributed by atoms with Crippen molar-refractivity contribution in [2.75, 3.05) is 18.5 Å². The van der Waals surface area contributed by atoms with Gasteiger partial charge < -0.3 is 15.2 Å². The van der Waals surface area contributed by atoms with E-state index in [9.17, 15) is 50.2 Å². The Morgan fingerprint density at radius 1 is 0.843 bits per heavy atom. The molecule has 0 unspecified atom stereocenters. The third kappa shape index (κ3) is 8.60. The highest BCUT2D eigenvalue weighted by Gasteiger charge is 2.34. The van der Waals surface area contributed by atoms with Gasteiger partial charge >= 0.3 is 6.03 Å². The van der Waals surface area contributed by atoms with Crippen LogP contribution in [0.15, 0.2) is 97.0 Å². The number of carbonyl (C=O) groups is 4. The van der Waals surface area contributed by atoms with Crippen molar-refractivity contribution in [1.82, 2.24) is 10.6 Å². The highest BCUT2D eigenvalue weighted by molar-refractivity contribution is 7.86. The number of aryl methyl sites for hydroxylation is 1. The van der Waals surface area contributed by atoms with E-state index in [0.29, 0.717) is 11.6 Å². The second-order valence-electron chi connectivity index (χ2n) is 10.6. The Bertz CT molecular complexity index is 2360. The number of aliphatic hydroxyl groups excluding tert-OH is 1. The van der Waals surface area contributed by atoms with Crippen LogP contribution in [0.5, 0.6) is 5.75 Å². The standard InChI is InChI=1S/C30H25N7O12S2/c1-15-10-23(31-27(39)16-2-5-18(6-3-16)34-37-26-28(40)32-30(42)33-29(26)41)24(49-9-8-38)14-22(15)36-35-19-7-4-17-11-20(50(43,44)45)13-25(21(17)12-19)51(46,47)48/h2-7,10-14,26,38H,8-9H2,1H3,(H,31,39)(H,43,44,45)(H,46,47,48)(H2,32,33,40,41,42)/b36-35+,37-34+. The van der Waals surface area contributed by atoms with E-state index in [2.05, 4.69) is 25.8 Å². The van der Waals surface area contributed by atoms with E-state index in [-0.39, 0.29) is 58.0 Å². The quantitative estimate of drug-likeness (QED) is 0.0732. The number of ether oxygens (including phenoxy) is 1. The van der Waals surface area contributed by atoms with Crippen LogP contribution in [0.25, 0.3) is 10.8 Å². The molecule has 264 valence electrons. The Balaban J connectivity index is 1.37. The van der Waals surface area contributed by atoms with Crippen LogP contribution < -0.4 is 20.7 Å². The summed E-state index contributed by atoms with van der Waals surface area (Å²) in [5.74, 6) is -2.34. The number of nitrogens with one attached hydrogen (secondary N) is 3. The Morgan fingerprint density at radius 2 is 1.51 bits per heavy atom. The topological polar surface area (TPSA) is 292 Å². The van der Waals surface area contributed by atoms with Gasteiger partial charge in [-0.25, -0.2) is 4.79 Å². The molecule has 1 saturated heterocycles. The normalized spacial score (nSPS) is 14.2. The smallest absolute Gasteiger partial charge is 0.328 e. The molecule has 0 aliphatic carbocycles. The van der Waals surface area contributed by atoms with Crippen LogP contribution in [0.4, 0.5) is 27.5 Å². The van der Waals surface area contributed by atoms with Crippen molar-refractivity contribution in [2.24, 2.45) is 20.5 Å². The average Bonchev–Trinajstić information content (AvgIpc) is 3.05. The molecule has 51 heavy (non-hydrogen) atoms. The van der Waals surface area contributed by atoms with E-state index in [0.717, 1.165) is 6.07 Å².